The lowest BCUT2D eigenvalue weighted by molar-refractivity contribution is 0.0599. The Kier molecular flexibility index (Phi) is 2.58. The number of rotatable bonds is 3. The summed E-state index contributed by atoms with van der Waals surface area (Å²) in [6.45, 7) is 3.78. The number of hydrogen-bond acceptors (Lipinski definition) is 2. The third kappa shape index (κ3) is 1.80. The zero-order chi connectivity index (χ0) is 10.8. The van der Waals surface area contributed by atoms with Gasteiger partial charge in [0.05, 0.1) is 12.7 Å². The molecule has 1 aromatic rings. The van der Waals surface area contributed by atoms with Crippen molar-refractivity contribution >= 4 is 12.0 Å². The number of benzene rings is 1. The molecule has 0 unspecified atom stereocenters. The van der Waals surface area contributed by atoms with Crippen molar-refractivity contribution in [3.63, 3.8) is 0 Å². The predicted molar refractivity (Wildman–Crippen MR) is 59.8 cm³/mol. The molecule has 0 aliphatic heterocycles. The van der Waals surface area contributed by atoms with Crippen molar-refractivity contribution in [2.45, 2.75) is 18.8 Å². The normalized spacial score (nSPS) is 14.7. The van der Waals surface area contributed by atoms with Gasteiger partial charge in [-0.25, -0.2) is 4.79 Å². The minimum atomic E-state index is -0.249. The highest BCUT2D eigenvalue weighted by Gasteiger charge is 2.29. The van der Waals surface area contributed by atoms with Crippen LogP contribution in [0, 0.1) is 0 Å². The van der Waals surface area contributed by atoms with Gasteiger partial charge in [-0.1, -0.05) is 24.8 Å². The van der Waals surface area contributed by atoms with Crippen molar-refractivity contribution in [2.24, 2.45) is 0 Å². The van der Waals surface area contributed by atoms with Gasteiger partial charge in [0.25, 0.3) is 0 Å². The van der Waals surface area contributed by atoms with Gasteiger partial charge < -0.3 is 4.74 Å². The van der Waals surface area contributed by atoms with Gasteiger partial charge in [0.2, 0.25) is 0 Å². The Morgan fingerprint density at radius 2 is 2.27 bits per heavy atom. The van der Waals surface area contributed by atoms with Crippen LogP contribution in [0.2, 0.25) is 0 Å². The van der Waals surface area contributed by atoms with Gasteiger partial charge in [-0.3, -0.25) is 0 Å². The molecule has 0 radical (unpaired) electrons. The van der Waals surface area contributed by atoms with E-state index in [0.29, 0.717) is 11.5 Å². The maximum atomic E-state index is 11.6. The average molecular weight is 202 g/mol. The van der Waals surface area contributed by atoms with Crippen LogP contribution in [0.25, 0.3) is 6.08 Å². The molecule has 1 aromatic carbocycles. The van der Waals surface area contributed by atoms with Gasteiger partial charge in [0, 0.05) is 0 Å². The standard InChI is InChI=1S/C13H14O2/c1-3-9-5-4-6-11(13(14)15-2)12(9)10-7-8-10/h3-6,10H,1,7-8H2,2H3. The van der Waals surface area contributed by atoms with E-state index in [4.69, 9.17) is 4.74 Å². The van der Waals surface area contributed by atoms with Crippen LogP contribution >= 0.6 is 0 Å². The summed E-state index contributed by atoms with van der Waals surface area (Å²) in [7, 11) is 1.42. The molecule has 0 N–H and O–H groups in total. The summed E-state index contributed by atoms with van der Waals surface area (Å²) in [4.78, 5) is 11.6. The summed E-state index contributed by atoms with van der Waals surface area (Å²) >= 11 is 0. The van der Waals surface area contributed by atoms with Crippen LogP contribution in [0.3, 0.4) is 0 Å². The second-order valence-electron chi connectivity index (χ2n) is 3.78. The first kappa shape index (κ1) is 9.97. The maximum Gasteiger partial charge on any atom is 0.338 e. The highest BCUT2D eigenvalue weighted by molar-refractivity contribution is 5.92. The van der Waals surface area contributed by atoms with Crippen molar-refractivity contribution in [1.29, 1.82) is 0 Å². The van der Waals surface area contributed by atoms with E-state index >= 15 is 0 Å². The monoisotopic (exact) mass is 202 g/mol. The molecular weight excluding hydrogens is 188 g/mol. The minimum absolute atomic E-state index is 0.249. The Morgan fingerprint density at radius 1 is 1.53 bits per heavy atom. The van der Waals surface area contributed by atoms with Crippen LogP contribution in [0.1, 0.15) is 40.2 Å². The first-order valence-corrected chi connectivity index (χ1v) is 5.11. The zero-order valence-electron chi connectivity index (χ0n) is 8.82. The summed E-state index contributed by atoms with van der Waals surface area (Å²) in [6.07, 6.45) is 4.13. The van der Waals surface area contributed by atoms with Crippen LogP contribution in [0.5, 0.6) is 0 Å². The van der Waals surface area contributed by atoms with Gasteiger partial charge in [-0.05, 0) is 36.0 Å². The minimum Gasteiger partial charge on any atom is -0.465 e. The van der Waals surface area contributed by atoms with E-state index < -0.39 is 0 Å². The van der Waals surface area contributed by atoms with Crippen molar-refractivity contribution in [3.05, 3.63) is 41.5 Å². The van der Waals surface area contributed by atoms with E-state index in [1.165, 1.54) is 7.11 Å². The number of ether oxygens (including phenoxy) is 1. The second kappa shape index (κ2) is 3.89. The van der Waals surface area contributed by atoms with Crippen molar-refractivity contribution in [2.75, 3.05) is 7.11 Å². The number of hydrogen-bond donors (Lipinski definition) is 0. The van der Waals surface area contributed by atoms with Gasteiger partial charge in [-0.15, -0.1) is 0 Å². The largest absolute Gasteiger partial charge is 0.465 e. The summed E-state index contributed by atoms with van der Waals surface area (Å²) in [5, 5.41) is 0. The predicted octanol–water partition coefficient (Wildman–Crippen LogP) is 2.99. The first-order valence-electron chi connectivity index (χ1n) is 5.11. The fraction of sp³-hybridized carbons (Fsp3) is 0.308. The second-order valence-corrected chi connectivity index (χ2v) is 3.78. The van der Waals surface area contributed by atoms with E-state index in [1.54, 1.807) is 6.08 Å². The molecule has 1 fully saturated rings. The maximum absolute atomic E-state index is 11.6. The fourth-order valence-corrected chi connectivity index (χ4v) is 1.88. The molecule has 0 saturated heterocycles. The Hall–Kier alpha value is -1.57. The van der Waals surface area contributed by atoms with Gasteiger partial charge in [-0.2, -0.15) is 0 Å². The van der Waals surface area contributed by atoms with Gasteiger partial charge >= 0.3 is 5.97 Å². The van der Waals surface area contributed by atoms with Crippen LogP contribution in [0.4, 0.5) is 0 Å². The molecular formula is C13H14O2. The highest BCUT2D eigenvalue weighted by Crippen LogP contribution is 2.43. The topological polar surface area (TPSA) is 26.3 Å². The average Bonchev–Trinajstić information content (AvgIpc) is 3.10. The highest BCUT2D eigenvalue weighted by atomic mass is 16.5. The molecule has 2 heteroatoms. The number of carbonyl (C=O) groups excluding carboxylic acids is 1. The van der Waals surface area contributed by atoms with E-state index in [-0.39, 0.29) is 5.97 Å². The molecule has 78 valence electrons. The third-order valence-electron chi connectivity index (χ3n) is 2.75. The molecule has 1 aliphatic rings. The molecule has 2 nitrogen and oxygen atoms in total. The van der Waals surface area contributed by atoms with E-state index in [0.717, 1.165) is 24.0 Å². The zero-order valence-corrected chi connectivity index (χ0v) is 8.82. The van der Waals surface area contributed by atoms with Crippen molar-refractivity contribution < 1.29 is 9.53 Å². The summed E-state index contributed by atoms with van der Waals surface area (Å²) < 4.78 is 4.78. The smallest absolute Gasteiger partial charge is 0.338 e. The molecule has 0 spiro atoms. The van der Waals surface area contributed by atoms with Crippen LogP contribution in [-0.4, -0.2) is 13.1 Å². The Morgan fingerprint density at radius 3 is 2.80 bits per heavy atom. The molecule has 0 bridgehead atoms. The molecule has 0 atom stereocenters. The first-order chi connectivity index (χ1) is 7.27. The summed E-state index contributed by atoms with van der Waals surface area (Å²) in [5.74, 6) is 0.272. The SMILES string of the molecule is C=Cc1cccc(C(=O)OC)c1C1CC1. The summed E-state index contributed by atoms with van der Waals surface area (Å²) in [5.41, 5.74) is 2.86. The molecule has 1 saturated carbocycles. The fourth-order valence-electron chi connectivity index (χ4n) is 1.88. The lowest BCUT2D eigenvalue weighted by atomic mass is 9.97. The quantitative estimate of drug-likeness (QED) is 0.704. The number of methoxy groups -OCH3 is 1. The van der Waals surface area contributed by atoms with Crippen LogP contribution in [-0.2, 0) is 4.74 Å². The van der Waals surface area contributed by atoms with Gasteiger partial charge in [0.1, 0.15) is 0 Å². The van der Waals surface area contributed by atoms with Crippen molar-refractivity contribution in [3.8, 4) is 0 Å². The molecule has 2 rings (SSSR count). The van der Waals surface area contributed by atoms with Gasteiger partial charge in [0.15, 0.2) is 0 Å². The van der Waals surface area contributed by atoms with Crippen LogP contribution in [0.15, 0.2) is 24.8 Å². The van der Waals surface area contributed by atoms with E-state index in [2.05, 4.69) is 6.58 Å². The van der Waals surface area contributed by atoms with E-state index in [9.17, 15) is 4.79 Å². The van der Waals surface area contributed by atoms with E-state index in [1.807, 2.05) is 18.2 Å². The molecule has 15 heavy (non-hydrogen) atoms. The molecule has 0 aromatic heterocycles. The lowest BCUT2D eigenvalue weighted by Gasteiger charge is -2.09. The number of carbonyl (C=O) groups is 1. The Balaban J connectivity index is 2.52. The Labute approximate surface area is 89.6 Å². The lowest BCUT2D eigenvalue weighted by Crippen LogP contribution is -2.06. The third-order valence-corrected chi connectivity index (χ3v) is 2.75. The Bertz CT molecular complexity index is 403. The summed E-state index contributed by atoms with van der Waals surface area (Å²) in [6, 6.07) is 5.69. The molecule has 1 aliphatic carbocycles. The molecule has 0 amide bonds. The number of esters is 1. The van der Waals surface area contributed by atoms with Crippen molar-refractivity contribution in [1.82, 2.24) is 0 Å². The molecule has 0 heterocycles. The van der Waals surface area contributed by atoms with Crippen LogP contribution < -0.4 is 0 Å².